The number of amides is 2. The van der Waals surface area contributed by atoms with Crippen molar-refractivity contribution >= 4 is 86.0 Å². The van der Waals surface area contributed by atoms with Crippen LogP contribution in [0.5, 0.6) is 23.0 Å². The summed E-state index contributed by atoms with van der Waals surface area (Å²) in [4.78, 5) is 52.4. The number of methoxy groups -OCH3 is 1. The van der Waals surface area contributed by atoms with Crippen molar-refractivity contribution in [3.8, 4) is 35.1 Å². The second kappa shape index (κ2) is 30.5. The predicted molar refractivity (Wildman–Crippen MR) is 332 cm³/mol. The molecule has 0 spiro atoms. The van der Waals surface area contributed by atoms with Gasteiger partial charge < -0.3 is 65.4 Å². The average Bonchev–Trinajstić information content (AvgIpc) is 0.982. The molecule has 0 aliphatic carbocycles. The molecular weight excluding hydrogens is 1180 g/mol. The number of piperidine rings is 1. The molecule has 4 aromatic carbocycles. The van der Waals surface area contributed by atoms with Gasteiger partial charge in [-0.2, -0.15) is 23.7 Å². The number of carbonyl (C=O) groups is 3. The summed E-state index contributed by atoms with van der Waals surface area (Å²) in [6.07, 6.45) is 0.251. The number of rotatable bonds is 27. The molecule has 2 aromatic heterocycles. The molecule has 2 amide bonds. The zero-order valence-electron chi connectivity index (χ0n) is 49.7. The van der Waals surface area contributed by atoms with Crippen molar-refractivity contribution in [3.63, 3.8) is 0 Å². The lowest BCUT2D eigenvalue weighted by Gasteiger charge is -2.37. The highest BCUT2D eigenvalue weighted by atomic mass is 35.5. The quantitative estimate of drug-likeness (QED) is 0.0262. The first-order valence-electron chi connectivity index (χ1n) is 28.9. The van der Waals surface area contributed by atoms with Crippen LogP contribution in [0.2, 0.25) is 10.0 Å². The van der Waals surface area contributed by atoms with Gasteiger partial charge in [-0.05, 0) is 128 Å². The maximum Gasteiger partial charge on any atom is 0.418 e. The van der Waals surface area contributed by atoms with Gasteiger partial charge in [0.15, 0.2) is 0 Å². The van der Waals surface area contributed by atoms with E-state index in [2.05, 4.69) is 58.9 Å². The summed E-state index contributed by atoms with van der Waals surface area (Å²) < 4.78 is 69.7. The average molecular weight is 1250 g/mol. The number of halogens is 5. The monoisotopic (exact) mass is 1250 g/mol. The van der Waals surface area contributed by atoms with E-state index >= 15 is 0 Å². The molecule has 20 nitrogen and oxygen atoms in total. The Morgan fingerprint density at radius 2 is 1.48 bits per heavy atom. The van der Waals surface area contributed by atoms with E-state index < -0.39 is 36.2 Å². The van der Waals surface area contributed by atoms with Crippen LogP contribution in [0.25, 0.3) is 10.9 Å². The molecule has 0 bridgehead atoms. The van der Waals surface area contributed by atoms with Crippen LogP contribution in [0.15, 0.2) is 85.2 Å². The van der Waals surface area contributed by atoms with Crippen molar-refractivity contribution < 1.29 is 51.2 Å². The first kappa shape index (κ1) is 65.7. The van der Waals surface area contributed by atoms with Crippen molar-refractivity contribution in [1.29, 1.82) is 10.5 Å². The molecule has 6 aromatic rings. The van der Waals surface area contributed by atoms with Crippen LogP contribution in [0, 0.1) is 40.4 Å². The van der Waals surface area contributed by atoms with Crippen molar-refractivity contribution in [3.05, 3.63) is 118 Å². The lowest BCUT2D eigenvalue weighted by molar-refractivity contribution is -0.148. The van der Waals surface area contributed by atoms with Gasteiger partial charge >= 0.3 is 12.1 Å². The molecule has 5 unspecified atom stereocenters. The van der Waals surface area contributed by atoms with E-state index in [4.69, 9.17) is 46.9 Å². The van der Waals surface area contributed by atoms with Crippen LogP contribution in [0.3, 0.4) is 0 Å². The summed E-state index contributed by atoms with van der Waals surface area (Å²) in [6, 6.07) is 22.6. The Hall–Kier alpha value is -8.32. The van der Waals surface area contributed by atoms with Gasteiger partial charge in [0.1, 0.15) is 42.3 Å². The fraction of sp³-hybridized carbons (Fsp3) is 0.413. The number of alkyl halides is 3. The molecule has 5 atom stereocenters. The number of anilines is 6. The summed E-state index contributed by atoms with van der Waals surface area (Å²) in [5.74, 6) is -0.176. The van der Waals surface area contributed by atoms with Crippen molar-refractivity contribution in [2.75, 3.05) is 107 Å². The highest BCUT2D eigenvalue weighted by Gasteiger charge is 2.38. The standard InChI is InChI=1S/C63H71Cl2F3N12O8/c1-7-85-56-27-50-42(25-52(56)75-58(81)13-10-20-79(3)4)60(38(29-69)32-73-50)77-48-17-15-40(23-46(48)64)87-35-54-44(62(83)84-6)22-37(31-72-54)34-80(5)21-11-14-59(82)76-53-26-43-51(28-57(53)86-8-2)74-33-39(30-70)61(43)78-49-18-16-41(24-47(49)65)88-36-55-45(63(66,67)68)12-9-19-71-55/h9,12,15-19,23-28,33,37-38,44,54,60,72-73,77H,7-8,10-11,13-14,20-22,31-32,34-36H2,1-6H3,(H,74,78)(H,75,81)(H,76,82). The normalized spacial score (nSPS) is 17.2. The second-order valence-corrected chi connectivity index (χ2v) is 22.5. The molecule has 2 aliphatic rings. The fourth-order valence-corrected chi connectivity index (χ4v) is 11.1. The van der Waals surface area contributed by atoms with Gasteiger partial charge in [0, 0.05) is 79.2 Å². The molecule has 1 fully saturated rings. The van der Waals surface area contributed by atoms with Crippen LogP contribution in [-0.2, 0) is 31.9 Å². The Morgan fingerprint density at radius 1 is 0.807 bits per heavy atom. The third kappa shape index (κ3) is 17.0. The number of hydrogen-bond donors (Lipinski definition) is 6. The van der Waals surface area contributed by atoms with Gasteiger partial charge in [-0.25, -0.2) is 0 Å². The number of nitrogens with zero attached hydrogens (tertiary/aromatic N) is 6. The number of nitrogens with one attached hydrogen (secondary N) is 6. The SMILES string of the molecule is CCOc1cc2c(cc1NC(=O)CCCN(C)C)C(Nc1ccc(OCC3NCC(CN(C)CCCC(=O)Nc4cc5c(Nc6ccc(OCc7ncccc7C(F)(F)F)cc6Cl)c(C#N)cnc5cc4OCC)CC3C(=O)OC)cc1Cl)C(C#N)CN2. The van der Waals surface area contributed by atoms with Crippen molar-refractivity contribution in [2.24, 2.45) is 17.8 Å². The van der Waals surface area contributed by atoms with E-state index in [1.807, 2.05) is 52.0 Å². The fourth-order valence-electron chi connectivity index (χ4n) is 10.7. The summed E-state index contributed by atoms with van der Waals surface area (Å²) >= 11 is 13.6. The molecular formula is C63H71Cl2F3N12O8. The Labute approximate surface area is 519 Å². The van der Waals surface area contributed by atoms with E-state index in [-0.39, 0.29) is 71.4 Å². The topological polar surface area (TPSA) is 249 Å². The predicted octanol–water partition coefficient (Wildman–Crippen LogP) is 11.4. The van der Waals surface area contributed by atoms with Crippen LogP contribution in [-0.4, -0.2) is 124 Å². The highest BCUT2D eigenvalue weighted by molar-refractivity contribution is 6.34. The first-order valence-corrected chi connectivity index (χ1v) is 29.6. The third-order valence-corrected chi connectivity index (χ3v) is 15.7. The first-order chi connectivity index (χ1) is 42.3. The number of ether oxygens (including phenoxy) is 5. The minimum Gasteiger partial charge on any atom is -0.492 e. The van der Waals surface area contributed by atoms with Crippen LogP contribution in [0.4, 0.5) is 47.3 Å². The molecule has 1 saturated heterocycles. The Kier molecular flexibility index (Phi) is 22.8. The number of aromatic nitrogens is 2. The molecule has 0 radical (unpaired) electrons. The van der Waals surface area contributed by atoms with E-state index in [0.717, 1.165) is 23.9 Å². The van der Waals surface area contributed by atoms with Gasteiger partial charge in [0.25, 0.3) is 0 Å². The van der Waals surface area contributed by atoms with Gasteiger partial charge in [0.05, 0.1) is 111 Å². The molecule has 4 heterocycles. The lowest BCUT2D eigenvalue weighted by Crippen LogP contribution is -2.53. The van der Waals surface area contributed by atoms with E-state index in [1.54, 1.807) is 36.4 Å². The molecule has 6 N–H and O–H groups in total. The Balaban J connectivity index is 0.845. The molecule has 8 rings (SSSR count). The highest BCUT2D eigenvalue weighted by Crippen LogP contribution is 2.44. The summed E-state index contributed by atoms with van der Waals surface area (Å²) in [5.41, 5.74) is 3.09. The maximum absolute atomic E-state index is 13.6. The van der Waals surface area contributed by atoms with Crippen molar-refractivity contribution in [1.82, 2.24) is 25.1 Å². The molecule has 0 saturated carbocycles. The largest absolute Gasteiger partial charge is 0.492 e. The molecule has 88 heavy (non-hydrogen) atoms. The number of pyridine rings is 2. The van der Waals surface area contributed by atoms with Crippen molar-refractivity contribution in [2.45, 2.75) is 70.8 Å². The van der Waals surface area contributed by atoms with E-state index in [9.17, 15) is 38.1 Å². The number of hydrogen-bond acceptors (Lipinski definition) is 18. The minimum atomic E-state index is -4.61. The van der Waals surface area contributed by atoms with Gasteiger partial charge in [0.2, 0.25) is 11.8 Å². The smallest absolute Gasteiger partial charge is 0.418 e. The van der Waals surface area contributed by atoms with Crippen LogP contribution in [0.1, 0.15) is 74.4 Å². The van der Waals surface area contributed by atoms with Gasteiger partial charge in [-0.15, -0.1) is 0 Å². The number of fused-ring (bicyclic) bond motifs is 2. The Bertz CT molecular complexity index is 3550. The molecule has 2 aliphatic heterocycles. The summed E-state index contributed by atoms with van der Waals surface area (Å²) in [5, 5.41) is 40.9. The lowest BCUT2D eigenvalue weighted by atomic mass is 9.84. The molecule has 25 heteroatoms. The number of nitriles is 2. The zero-order chi connectivity index (χ0) is 63.1. The number of carbonyl (C=O) groups excluding carboxylic acids is 3. The third-order valence-electron chi connectivity index (χ3n) is 15.0. The number of esters is 1. The summed E-state index contributed by atoms with van der Waals surface area (Å²) in [7, 11) is 7.24. The maximum atomic E-state index is 13.6. The van der Waals surface area contributed by atoms with E-state index in [0.29, 0.717) is 120 Å². The second-order valence-electron chi connectivity index (χ2n) is 21.7. The zero-order valence-corrected chi connectivity index (χ0v) is 51.2. The van der Waals surface area contributed by atoms with Crippen LogP contribution < -0.4 is 50.8 Å². The molecule has 466 valence electrons. The summed E-state index contributed by atoms with van der Waals surface area (Å²) in [6.45, 7) is 6.97. The number of benzene rings is 4. The minimum absolute atomic E-state index is 0.0668. The van der Waals surface area contributed by atoms with E-state index in [1.165, 1.54) is 37.7 Å². The van der Waals surface area contributed by atoms with Gasteiger partial charge in [-0.1, -0.05) is 23.2 Å². The van der Waals surface area contributed by atoms with Crippen LogP contribution >= 0.6 is 23.2 Å². The Morgan fingerprint density at radius 3 is 2.12 bits per heavy atom. The van der Waals surface area contributed by atoms with Gasteiger partial charge in [-0.3, -0.25) is 24.4 Å².